The standard InChI is InChI=1S/C16H17N3O2/c1-10-15(21-11(2)19-10)9-18-16(20)7-12-8-17-14-6-4-3-5-13(12)14/h3-6,8,17H,7,9H2,1-2H3,(H,18,20). The summed E-state index contributed by atoms with van der Waals surface area (Å²) in [6, 6.07) is 7.95. The number of carbonyl (C=O) groups is 1. The van der Waals surface area contributed by atoms with E-state index in [4.69, 9.17) is 4.42 Å². The first-order valence-electron chi connectivity index (χ1n) is 6.88. The molecule has 0 spiro atoms. The second-order valence-corrected chi connectivity index (χ2v) is 5.05. The molecule has 5 nitrogen and oxygen atoms in total. The molecule has 108 valence electrons. The molecule has 1 aromatic carbocycles. The van der Waals surface area contributed by atoms with E-state index in [1.807, 2.05) is 37.4 Å². The van der Waals surface area contributed by atoms with Gasteiger partial charge in [0.15, 0.2) is 5.89 Å². The number of oxazole rings is 1. The van der Waals surface area contributed by atoms with E-state index < -0.39 is 0 Å². The summed E-state index contributed by atoms with van der Waals surface area (Å²) in [7, 11) is 0. The van der Waals surface area contributed by atoms with Crippen LogP contribution in [0.4, 0.5) is 0 Å². The number of aryl methyl sites for hydroxylation is 2. The zero-order valence-electron chi connectivity index (χ0n) is 12.1. The number of H-pyrrole nitrogens is 1. The monoisotopic (exact) mass is 283 g/mol. The number of carbonyl (C=O) groups excluding carboxylic acids is 1. The number of rotatable bonds is 4. The predicted octanol–water partition coefficient (Wildman–Crippen LogP) is 2.63. The summed E-state index contributed by atoms with van der Waals surface area (Å²) in [4.78, 5) is 19.4. The molecule has 2 heterocycles. The Hall–Kier alpha value is -2.56. The van der Waals surface area contributed by atoms with Gasteiger partial charge >= 0.3 is 0 Å². The van der Waals surface area contributed by atoms with E-state index in [2.05, 4.69) is 15.3 Å². The third kappa shape index (κ3) is 2.81. The third-order valence-corrected chi connectivity index (χ3v) is 3.47. The van der Waals surface area contributed by atoms with Crippen LogP contribution in [0.15, 0.2) is 34.9 Å². The van der Waals surface area contributed by atoms with Crippen molar-refractivity contribution in [1.29, 1.82) is 0 Å². The summed E-state index contributed by atoms with van der Waals surface area (Å²) >= 11 is 0. The van der Waals surface area contributed by atoms with Crippen molar-refractivity contribution in [2.75, 3.05) is 0 Å². The second kappa shape index (κ2) is 5.44. The molecule has 0 aliphatic rings. The first-order chi connectivity index (χ1) is 10.1. The van der Waals surface area contributed by atoms with Crippen LogP contribution in [0.2, 0.25) is 0 Å². The Morgan fingerprint density at radius 3 is 2.90 bits per heavy atom. The van der Waals surface area contributed by atoms with Crippen molar-refractivity contribution in [1.82, 2.24) is 15.3 Å². The van der Waals surface area contributed by atoms with Gasteiger partial charge in [-0.15, -0.1) is 0 Å². The van der Waals surface area contributed by atoms with Gasteiger partial charge in [-0.05, 0) is 18.6 Å². The number of para-hydroxylation sites is 1. The lowest BCUT2D eigenvalue weighted by Gasteiger charge is -2.03. The Labute approximate surface area is 122 Å². The maximum atomic E-state index is 12.1. The Morgan fingerprint density at radius 2 is 2.14 bits per heavy atom. The van der Waals surface area contributed by atoms with Crippen molar-refractivity contribution >= 4 is 16.8 Å². The van der Waals surface area contributed by atoms with E-state index in [0.29, 0.717) is 24.6 Å². The average Bonchev–Trinajstić information content (AvgIpc) is 3.00. The molecule has 0 aliphatic heterocycles. The average molecular weight is 283 g/mol. The van der Waals surface area contributed by atoms with Gasteiger partial charge in [-0.2, -0.15) is 0 Å². The summed E-state index contributed by atoms with van der Waals surface area (Å²) in [5.41, 5.74) is 2.86. The minimum absolute atomic E-state index is 0.0341. The van der Waals surface area contributed by atoms with E-state index in [-0.39, 0.29) is 5.91 Å². The maximum absolute atomic E-state index is 12.1. The summed E-state index contributed by atoms with van der Waals surface area (Å²) in [5.74, 6) is 1.29. The van der Waals surface area contributed by atoms with Crippen LogP contribution < -0.4 is 5.32 Å². The number of nitrogens with zero attached hydrogens (tertiary/aromatic N) is 1. The lowest BCUT2D eigenvalue weighted by molar-refractivity contribution is -0.120. The third-order valence-electron chi connectivity index (χ3n) is 3.47. The van der Waals surface area contributed by atoms with Gasteiger partial charge in [-0.1, -0.05) is 18.2 Å². The van der Waals surface area contributed by atoms with Crippen LogP contribution in [0.1, 0.15) is 22.9 Å². The normalized spacial score (nSPS) is 11.0. The van der Waals surface area contributed by atoms with Gasteiger partial charge in [0.1, 0.15) is 5.76 Å². The van der Waals surface area contributed by atoms with Gasteiger partial charge < -0.3 is 14.7 Å². The minimum atomic E-state index is -0.0341. The fraction of sp³-hybridized carbons (Fsp3) is 0.250. The molecule has 0 saturated carbocycles. The summed E-state index contributed by atoms with van der Waals surface area (Å²) in [6.45, 7) is 4.04. The van der Waals surface area contributed by atoms with E-state index in [9.17, 15) is 4.79 Å². The second-order valence-electron chi connectivity index (χ2n) is 5.05. The van der Waals surface area contributed by atoms with Crippen LogP contribution >= 0.6 is 0 Å². The largest absolute Gasteiger partial charge is 0.444 e. The Balaban J connectivity index is 1.65. The molecule has 0 saturated heterocycles. The number of amides is 1. The Bertz CT molecular complexity index is 786. The van der Waals surface area contributed by atoms with Crippen molar-refractivity contribution in [2.24, 2.45) is 0 Å². The van der Waals surface area contributed by atoms with Gasteiger partial charge in [0.2, 0.25) is 5.91 Å². The van der Waals surface area contributed by atoms with Gasteiger partial charge in [0.25, 0.3) is 0 Å². The van der Waals surface area contributed by atoms with Gasteiger partial charge in [0, 0.05) is 24.0 Å². The summed E-state index contributed by atoms with van der Waals surface area (Å²) in [6.07, 6.45) is 2.23. The molecule has 0 radical (unpaired) electrons. The van der Waals surface area contributed by atoms with Gasteiger partial charge in [0.05, 0.1) is 18.7 Å². The molecule has 2 N–H and O–H groups in total. The minimum Gasteiger partial charge on any atom is -0.444 e. The van der Waals surface area contributed by atoms with Crippen LogP contribution in [0.5, 0.6) is 0 Å². The molecule has 2 aromatic heterocycles. The van der Waals surface area contributed by atoms with E-state index in [1.54, 1.807) is 6.92 Å². The first-order valence-corrected chi connectivity index (χ1v) is 6.88. The van der Waals surface area contributed by atoms with E-state index in [0.717, 1.165) is 22.2 Å². The molecule has 5 heteroatoms. The van der Waals surface area contributed by atoms with Crippen molar-refractivity contribution in [3.63, 3.8) is 0 Å². The van der Waals surface area contributed by atoms with E-state index >= 15 is 0 Å². The number of hydrogen-bond acceptors (Lipinski definition) is 3. The molecule has 1 amide bonds. The lowest BCUT2D eigenvalue weighted by atomic mass is 10.1. The lowest BCUT2D eigenvalue weighted by Crippen LogP contribution is -2.24. The van der Waals surface area contributed by atoms with Crippen molar-refractivity contribution in [2.45, 2.75) is 26.8 Å². The number of benzene rings is 1. The molecule has 0 bridgehead atoms. The highest BCUT2D eigenvalue weighted by Gasteiger charge is 2.11. The van der Waals surface area contributed by atoms with E-state index in [1.165, 1.54) is 0 Å². The van der Waals surface area contributed by atoms with Crippen molar-refractivity contribution in [3.8, 4) is 0 Å². The zero-order valence-corrected chi connectivity index (χ0v) is 12.1. The van der Waals surface area contributed by atoms with Crippen LogP contribution in [-0.4, -0.2) is 15.9 Å². The fourth-order valence-electron chi connectivity index (χ4n) is 2.43. The highest BCUT2D eigenvalue weighted by Crippen LogP contribution is 2.18. The number of hydrogen-bond donors (Lipinski definition) is 2. The molecule has 0 atom stereocenters. The molecule has 3 aromatic rings. The fourth-order valence-corrected chi connectivity index (χ4v) is 2.43. The number of fused-ring (bicyclic) bond motifs is 1. The van der Waals surface area contributed by atoms with Gasteiger partial charge in [-0.25, -0.2) is 4.98 Å². The highest BCUT2D eigenvalue weighted by atomic mass is 16.4. The van der Waals surface area contributed by atoms with Crippen LogP contribution in [0.25, 0.3) is 10.9 Å². The predicted molar refractivity (Wildman–Crippen MR) is 79.8 cm³/mol. The molecule has 3 rings (SSSR count). The summed E-state index contributed by atoms with van der Waals surface area (Å²) in [5, 5.41) is 3.95. The number of nitrogens with one attached hydrogen (secondary N) is 2. The van der Waals surface area contributed by atoms with Crippen LogP contribution in [-0.2, 0) is 17.8 Å². The molecule has 0 unspecified atom stereocenters. The van der Waals surface area contributed by atoms with Crippen LogP contribution in [0.3, 0.4) is 0 Å². The van der Waals surface area contributed by atoms with Crippen molar-refractivity contribution in [3.05, 3.63) is 53.4 Å². The molecular formula is C16H17N3O2. The topological polar surface area (TPSA) is 70.9 Å². The molecule has 21 heavy (non-hydrogen) atoms. The van der Waals surface area contributed by atoms with Crippen LogP contribution in [0, 0.1) is 13.8 Å². The smallest absolute Gasteiger partial charge is 0.224 e. The van der Waals surface area contributed by atoms with Crippen molar-refractivity contribution < 1.29 is 9.21 Å². The Morgan fingerprint density at radius 1 is 1.33 bits per heavy atom. The highest BCUT2D eigenvalue weighted by molar-refractivity contribution is 5.88. The SMILES string of the molecule is Cc1nc(C)c(CNC(=O)Cc2c[nH]c3ccccc23)o1. The Kier molecular flexibility index (Phi) is 3.48. The zero-order chi connectivity index (χ0) is 14.8. The number of aromatic amines is 1. The quantitative estimate of drug-likeness (QED) is 0.773. The molecule has 0 fully saturated rings. The first kappa shape index (κ1) is 13.4. The molecular weight excluding hydrogens is 266 g/mol. The summed E-state index contributed by atoms with van der Waals surface area (Å²) < 4.78 is 5.44. The molecule has 0 aliphatic carbocycles. The maximum Gasteiger partial charge on any atom is 0.224 e. The van der Waals surface area contributed by atoms with Gasteiger partial charge in [-0.3, -0.25) is 4.79 Å². The number of aromatic nitrogens is 2.